The average Bonchev–Trinajstić information content (AvgIpc) is 2.98. The van der Waals surface area contributed by atoms with Crippen molar-refractivity contribution in [1.82, 2.24) is 4.57 Å². The summed E-state index contributed by atoms with van der Waals surface area (Å²) in [7, 11) is 0. The summed E-state index contributed by atoms with van der Waals surface area (Å²) in [5.74, 6) is 0. The Morgan fingerprint density at radius 2 is 1.67 bits per heavy atom. The van der Waals surface area contributed by atoms with E-state index in [4.69, 9.17) is 0 Å². The van der Waals surface area contributed by atoms with Crippen LogP contribution >= 0.6 is 0 Å². The van der Waals surface area contributed by atoms with E-state index in [1.807, 2.05) is 30.5 Å². The molecule has 21 heavy (non-hydrogen) atoms. The highest BCUT2D eigenvalue weighted by Gasteiger charge is 2.00. The molecule has 0 unspecified atom stereocenters. The lowest BCUT2D eigenvalue weighted by atomic mass is 10.1. The normalized spacial score (nSPS) is 11.1. The van der Waals surface area contributed by atoms with Gasteiger partial charge in [-0.2, -0.15) is 0 Å². The molecule has 0 aliphatic rings. The summed E-state index contributed by atoms with van der Waals surface area (Å²) < 4.78 is 2.13. The number of para-hydroxylation sites is 1. The lowest BCUT2D eigenvalue weighted by Crippen LogP contribution is -1.97. The molecule has 0 fully saturated rings. The largest absolute Gasteiger partial charge is 0.316 e. The Bertz CT molecular complexity index is 767. The van der Waals surface area contributed by atoms with Crippen molar-refractivity contribution in [1.29, 1.82) is 0 Å². The highest BCUT2D eigenvalue weighted by Crippen LogP contribution is 2.18. The van der Waals surface area contributed by atoms with Gasteiger partial charge in [0.05, 0.1) is 17.6 Å². The van der Waals surface area contributed by atoms with Crippen LogP contribution in [0, 0.1) is 13.8 Å². The molecule has 1 aromatic heterocycles. The lowest BCUT2D eigenvalue weighted by Gasteiger charge is -2.05. The maximum atomic E-state index is 4.59. The van der Waals surface area contributed by atoms with E-state index in [2.05, 4.69) is 66.0 Å². The highest BCUT2D eigenvalue weighted by atomic mass is 15.0. The zero-order valence-electron chi connectivity index (χ0n) is 12.3. The molecule has 0 N–H and O–H groups in total. The Morgan fingerprint density at radius 3 is 2.43 bits per heavy atom. The molecule has 0 saturated heterocycles. The summed E-state index contributed by atoms with van der Waals surface area (Å²) in [6.45, 7) is 4.23. The Hall–Kier alpha value is -2.61. The molecular weight excluding hydrogens is 256 g/mol. The fourth-order valence-electron chi connectivity index (χ4n) is 2.27. The van der Waals surface area contributed by atoms with Gasteiger partial charge in [-0.1, -0.05) is 24.3 Å². The predicted molar refractivity (Wildman–Crippen MR) is 88.9 cm³/mol. The number of hydrogen-bond donors (Lipinski definition) is 0. The van der Waals surface area contributed by atoms with Crippen molar-refractivity contribution in [2.75, 3.05) is 0 Å². The Morgan fingerprint density at radius 1 is 0.857 bits per heavy atom. The van der Waals surface area contributed by atoms with Crippen LogP contribution in [0.5, 0.6) is 0 Å². The highest BCUT2D eigenvalue weighted by molar-refractivity contribution is 5.81. The first-order valence-electron chi connectivity index (χ1n) is 7.08. The first kappa shape index (κ1) is 13.4. The molecule has 0 radical (unpaired) electrons. The summed E-state index contributed by atoms with van der Waals surface area (Å²) in [5, 5.41) is 0. The van der Waals surface area contributed by atoms with Gasteiger partial charge in [0, 0.05) is 11.9 Å². The summed E-state index contributed by atoms with van der Waals surface area (Å²) in [6.07, 6.45) is 3.97. The molecule has 3 aromatic rings. The third-order valence-corrected chi connectivity index (χ3v) is 3.65. The minimum Gasteiger partial charge on any atom is -0.316 e. The first-order chi connectivity index (χ1) is 10.2. The zero-order valence-corrected chi connectivity index (χ0v) is 12.3. The van der Waals surface area contributed by atoms with Gasteiger partial charge in [-0.15, -0.1) is 0 Å². The molecule has 0 saturated carbocycles. The minimum absolute atomic E-state index is 0.985. The van der Waals surface area contributed by atoms with E-state index >= 15 is 0 Å². The third-order valence-electron chi connectivity index (χ3n) is 3.65. The van der Waals surface area contributed by atoms with Crippen LogP contribution in [0.1, 0.15) is 16.8 Å². The van der Waals surface area contributed by atoms with E-state index < -0.39 is 0 Å². The van der Waals surface area contributed by atoms with Crippen molar-refractivity contribution in [3.05, 3.63) is 83.7 Å². The lowest BCUT2D eigenvalue weighted by molar-refractivity contribution is 1.07. The summed E-state index contributed by atoms with van der Waals surface area (Å²) in [5.41, 5.74) is 5.76. The van der Waals surface area contributed by atoms with Crippen LogP contribution < -0.4 is 0 Å². The number of nitrogens with zero attached hydrogens (tertiary/aromatic N) is 2. The monoisotopic (exact) mass is 274 g/mol. The molecule has 0 aliphatic carbocycles. The van der Waals surface area contributed by atoms with E-state index in [1.54, 1.807) is 0 Å². The predicted octanol–water partition coefficient (Wildman–Crippen LogP) is 4.84. The number of aliphatic imine (C=N–C) groups is 1. The van der Waals surface area contributed by atoms with Crippen molar-refractivity contribution >= 4 is 11.9 Å². The molecule has 2 aromatic carbocycles. The second-order valence-corrected chi connectivity index (χ2v) is 5.17. The van der Waals surface area contributed by atoms with Gasteiger partial charge in [-0.25, -0.2) is 0 Å². The van der Waals surface area contributed by atoms with Crippen LogP contribution in [-0.4, -0.2) is 10.8 Å². The summed E-state index contributed by atoms with van der Waals surface area (Å²) in [6, 6.07) is 20.7. The zero-order chi connectivity index (χ0) is 14.7. The van der Waals surface area contributed by atoms with Crippen LogP contribution in [0.25, 0.3) is 5.69 Å². The van der Waals surface area contributed by atoms with Crippen LogP contribution in [-0.2, 0) is 0 Å². The van der Waals surface area contributed by atoms with Gasteiger partial charge in [-0.3, -0.25) is 4.99 Å². The summed E-state index contributed by atoms with van der Waals surface area (Å²) >= 11 is 0. The number of benzene rings is 2. The number of rotatable bonds is 3. The number of aryl methyl sites for hydroxylation is 2. The van der Waals surface area contributed by atoms with Crippen molar-refractivity contribution in [3.8, 4) is 5.69 Å². The Labute approximate surface area is 125 Å². The van der Waals surface area contributed by atoms with Gasteiger partial charge >= 0.3 is 0 Å². The Balaban J connectivity index is 1.90. The fourth-order valence-corrected chi connectivity index (χ4v) is 2.27. The van der Waals surface area contributed by atoms with Crippen LogP contribution in [0.15, 0.2) is 71.9 Å². The topological polar surface area (TPSA) is 17.3 Å². The smallest absolute Gasteiger partial charge is 0.0639 e. The second kappa shape index (κ2) is 5.80. The maximum Gasteiger partial charge on any atom is 0.0639 e. The molecular formula is C19H18N2. The van der Waals surface area contributed by atoms with Crippen molar-refractivity contribution in [3.63, 3.8) is 0 Å². The molecule has 0 aliphatic heterocycles. The number of aromatic nitrogens is 1. The Kier molecular flexibility index (Phi) is 3.69. The molecule has 0 spiro atoms. The summed E-state index contributed by atoms with van der Waals surface area (Å²) in [4.78, 5) is 4.59. The van der Waals surface area contributed by atoms with E-state index in [-0.39, 0.29) is 0 Å². The molecule has 104 valence electrons. The molecule has 0 bridgehead atoms. The fraction of sp³-hybridized carbons (Fsp3) is 0.105. The second-order valence-electron chi connectivity index (χ2n) is 5.17. The molecule has 2 nitrogen and oxygen atoms in total. The van der Waals surface area contributed by atoms with Crippen molar-refractivity contribution in [2.45, 2.75) is 13.8 Å². The third kappa shape index (κ3) is 2.95. The molecule has 1 heterocycles. The van der Waals surface area contributed by atoms with Gasteiger partial charge in [0.2, 0.25) is 0 Å². The molecule has 3 rings (SSSR count). The van der Waals surface area contributed by atoms with E-state index in [9.17, 15) is 0 Å². The van der Waals surface area contributed by atoms with Gasteiger partial charge < -0.3 is 4.57 Å². The van der Waals surface area contributed by atoms with E-state index in [0.29, 0.717) is 0 Å². The first-order valence-corrected chi connectivity index (χ1v) is 7.08. The van der Waals surface area contributed by atoms with E-state index in [0.717, 1.165) is 17.1 Å². The van der Waals surface area contributed by atoms with Crippen LogP contribution in [0.4, 0.5) is 5.69 Å². The quantitative estimate of drug-likeness (QED) is 0.608. The number of hydrogen-bond acceptors (Lipinski definition) is 1. The van der Waals surface area contributed by atoms with Gasteiger partial charge in [0.25, 0.3) is 0 Å². The molecule has 0 amide bonds. The van der Waals surface area contributed by atoms with Gasteiger partial charge in [0.15, 0.2) is 0 Å². The minimum atomic E-state index is 0.985. The van der Waals surface area contributed by atoms with Crippen LogP contribution in [0.3, 0.4) is 0 Å². The van der Waals surface area contributed by atoms with Gasteiger partial charge in [-0.05, 0) is 61.4 Å². The standard InChI is InChI=1S/C19H18N2/c1-15-10-11-17(13-16(15)2)20-14-19-9-6-12-21(19)18-7-4-3-5-8-18/h3-14H,1-2H3. The van der Waals surface area contributed by atoms with Crippen molar-refractivity contribution < 1.29 is 0 Å². The SMILES string of the molecule is Cc1ccc(N=Cc2cccn2-c2ccccc2)cc1C. The average molecular weight is 274 g/mol. The molecule has 0 atom stereocenters. The van der Waals surface area contributed by atoms with Crippen molar-refractivity contribution in [2.24, 2.45) is 4.99 Å². The van der Waals surface area contributed by atoms with E-state index in [1.165, 1.54) is 11.1 Å². The van der Waals surface area contributed by atoms with Gasteiger partial charge in [0.1, 0.15) is 0 Å². The maximum absolute atomic E-state index is 4.59. The molecule has 2 heteroatoms. The van der Waals surface area contributed by atoms with Crippen LogP contribution in [0.2, 0.25) is 0 Å².